The number of ether oxygens (including phenoxy) is 1. The Morgan fingerprint density at radius 3 is 2.40 bits per heavy atom. The minimum Gasteiger partial charge on any atom is -0.497 e. The van der Waals surface area contributed by atoms with Gasteiger partial charge in [0.25, 0.3) is 0 Å². The van der Waals surface area contributed by atoms with Gasteiger partial charge >= 0.3 is 0 Å². The lowest BCUT2D eigenvalue weighted by Crippen LogP contribution is -2.17. The van der Waals surface area contributed by atoms with E-state index in [9.17, 15) is 5.11 Å². The zero-order valence-corrected chi connectivity index (χ0v) is 18.2. The van der Waals surface area contributed by atoms with E-state index in [1.165, 1.54) is 3.57 Å². The van der Waals surface area contributed by atoms with Crippen LogP contribution in [0.5, 0.6) is 5.75 Å². The van der Waals surface area contributed by atoms with Gasteiger partial charge in [-0.1, -0.05) is 12.1 Å². The van der Waals surface area contributed by atoms with Crippen molar-refractivity contribution in [1.82, 2.24) is 4.57 Å². The van der Waals surface area contributed by atoms with E-state index in [0.717, 1.165) is 27.5 Å². The molecule has 0 bridgehead atoms. The molecule has 1 heterocycles. The molecule has 3 rings (SSSR count). The average Bonchev–Trinajstić information content (AvgIpc) is 2.99. The number of thiazole rings is 1. The fourth-order valence-corrected chi connectivity index (χ4v) is 3.67. The van der Waals surface area contributed by atoms with Crippen LogP contribution in [-0.2, 0) is 6.54 Å². The summed E-state index contributed by atoms with van der Waals surface area (Å²) < 4.78 is 8.43. The third kappa shape index (κ3) is 4.93. The largest absolute Gasteiger partial charge is 0.497 e. The van der Waals surface area contributed by atoms with Crippen molar-refractivity contribution >= 4 is 56.6 Å². The first-order valence-corrected chi connectivity index (χ1v) is 9.41. The number of benzene rings is 2. The Labute approximate surface area is 174 Å². The Morgan fingerprint density at radius 1 is 1.12 bits per heavy atom. The molecule has 0 radical (unpaired) electrons. The zero-order chi connectivity index (χ0) is 16.9. The molecule has 0 aliphatic heterocycles. The molecule has 1 aromatic heterocycles. The van der Waals surface area contributed by atoms with Crippen LogP contribution < -0.4 is 9.54 Å². The molecule has 0 aliphatic rings. The molecule has 1 N–H and O–H groups in total. The van der Waals surface area contributed by atoms with E-state index in [0.29, 0.717) is 6.54 Å². The smallest absolute Gasteiger partial charge is 0.190 e. The maximum atomic E-state index is 9.44. The fraction of sp³-hybridized carbons (Fsp3) is 0.167. The van der Waals surface area contributed by atoms with Crippen LogP contribution in [0, 0.1) is 3.57 Å². The normalized spacial score (nSPS) is 11.2. The number of nitrogens with zero attached hydrogens (tertiary/aromatic N) is 2. The molecule has 0 aliphatic carbocycles. The number of rotatable bonds is 5. The number of aliphatic hydroxyl groups is 1. The second-order valence-corrected chi connectivity index (χ2v) is 7.18. The molecule has 3 aromatic rings. The number of hydrogen-bond donors (Lipinski definition) is 1. The zero-order valence-electron chi connectivity index (χ0n) is 13.6. The highest BCUT2D eigenvalue weighted by atomic mass is 127. The Kier molecular flexibility index (Phi) is 7.67. The van der Waals surface area contributed by atoms with Gasteiger partial charge in [-0.25, -0.2) is 4.99 Å². The van der Waals surface area contributed by atoms with Crippen LogP contribution in [0.2, 0.25) is 0 Å². The molecule has 4 nitrogen and oxygen atoms in total. The number of halogens is 2. The van der Waals surface area contributed by atoms with Crippen molar-refractivity contribution in [3.05, 3.63) is 62.3 Å². The van der Waals surface area contributed by atoms with E-state index in [1.54, 1.807) is 18.4 Å². The standard InChI is InChI=1S/C18H17IN2O2S.BrH/c1-23-16-8-6-15(7-9-16)20-18-21(10-11-22)17(12-24-18)13-2-4-14(19)5-3-13;/h2-9,12,22H,10-11H2,1H3;1H. The summed E-state index contributed by atoms with van der Waals surface area (Å²) in [6.45, 7) is 0.587. The number of hydrogen-bond acceptors (Lipinski definition) is 4. The van der Waals surface area contributed by atoms with E-state index in [1.807, 2.05) is 24.3 Å². The molecule has 0 spiro atoms. The first kappa shape index (κ1) is 20.2. The van der Waals surface area contributed by atoms with E-state index in [4.69, 9.17) is 9.73 Å². The van der Waals surface area contributed by atoms with Crippen molar-refractivity contribution in [3.63, 3.8) is 0 Å². The molecule has 0 saturated heterocycles. The molecule has 2 aromatic carbocycles. The first-order valence-electron chi connectivity index (χ1n) is 7.45. The highest BCUT2D eigenvalue weighted by Crippen LogP contribution is 2.22. The van der Waals surface area contributed by atoms with Gasteiger partial charge in [0.2, 0.25) is 0 Å². The van der Waals surface area contributed by atoms with Crippen molar-refractivity contribution < 1.29 is 9.84 Å². The van der Waals surface area contributed by atoms with Gasteiger partial charge in [-0.15, -0.1) is 28.3 Å². The summed E-state index contributed by atoms with van der Waals surface area (Å²) in [7, 11) is 1.65. The Hall–Kier alpha value is -1.16. The summed E-state index contributed by atoms with van der Waals surface area (Å²) in [5.74, 6) is 0.808. The van der Waals surface area contributed by atoms with Crippen LogP contribution in [0.1, 0.15) is 0 Å². The SMILES string of the molecule is Br.COc1ccc(N=c2scc(-c3ccc(I)cc3)n2CCO)cc1. The molecule has 7 heteroatoms. The lowest BCUT2D eigenvalue weighted by atomic mass is 10.2. The van der Waals surface area contributed by atoms with Crippen molar-refractivity contribution in [2.24, 2.45) is 4.99 Å². The van der Waals surface area contributed by atoms with Crippen LogP contribution in [0.4, 0.5) is 5.69 Å². The van der Waals surface area contributed by atoms with Gasteiger partial charge in [0, 0.05) is 15.5 Å². The summed E-state index contributed by atoms with van der Waals surface area (Å²) >= 11 is 3.87. The van der Waals surface area contributed by atoms with Gasteiger partial charge in [0.05, 0.1) is 25.1 Å². The van der Waals surface area contributed by atoms with Crippen molar-refractivity contribution in [2.45, 2.75) is 6.54 Å². The summed E-state index contributed by atoms with van der Waals surface area (Å²) in [6.07, 6.45) is 0. The minimum absolute atomic E-state index is 0. The lowest BCUT2D eigenvalue weighted by molar-refractivity contribution is 0.275. The van der Waals surface area contributed by atoms with Crippen LogP contribution in [0.15, 0.2) is 58.9 Å². The van der Waals surface area contributed by atoms with Gasteiger partial charge in [-0.2, -0.15) is 0 Å². The topological polar surface area (TPSA) is 46.8 Å². The van der Waals surface area contributed by atoms with Crippen LogP contribution in [-0.4, -0.2) is 23.4 Å². The highest BCUT2D eigenvalue weighted by molar-refractivity contribution is 14.1. The summed E-state index contributed by atoms with van der Waals surface area (Å²) in [6, 6.07) is 16.0. The molecule has 0 atom stereocenters. The lowest BCUT2D eigenvalue weighted by Gasteiger charge is -2.07. The second kappa shape index (κ2) is 9.51. The first-order chi connectivity index (χ1) is 11.7. The maximum absolute atomic E-state index is 9.44. The number of aromatic nitrogens is 1. The van der Waals surface area contributed by atoms with Gasteiger partial charge in [0.1, 0.15) is 5.75 Å². The van der Waals surface area contributed by atoms with Gasteiger partial charge < -0.3 is 14.4 Å². The summed E-state index contributed by atoms with van der Waals surface area (Å²) in [5.41, 5.74) is 3.05. The van der Waals surface area contributed by atoms with Crippen LogP contribution >= 0.6 is 50.9 Å². The van der Waals surface area contributed by atoms with Crippen molar-refractivity contribution in [3.8, 4) is 17.0 Å². The predicted octanol–water partition coefficient (Wildman–Crippen LogP) is 4.63. The fourth-order valence-electron chi connectivity index (χ4n) is 2.35. The van der Waals surface area contributed by atoms with E-state index >= 15 is 0 Å². The highest BCUT2D eigenvalue weighted by Gasteiger charge is 2.08. The van der Waals surface area contributed by atoms with Gasteiger partial charge in [-0.3, -0.25) is 0 Å². The van der Waals surface area contributed by atoms with Crippen molar-refractivity contribution in [1.29, 1.82) is 0 Å². The van der Waals surface area contributed by atoms with E-state index in [2.05, 4.69) is 56.8 Å². The third-order valence-corrected chi connectivity index (χ3v) is 5.14. The average molecular weight is 533 g/mol. The Morgan fingerprint density at radius 2 is 1.80 bits per heavy atom. The number of aliphatic hydroxyl groups excluding tert-OH is 1. The minimum atomic E-state index is 0. The Bertz CT molecular complexity index is 873. The second-order valence-electron chi connectivity index (χ2n) is 5.10. The predicted molar refractivity (Wildman–Crippen MR) is 116 cm³/mol. The molecule has 0 saturated carbocycles. The van der Waals surface area contributed by atoms with Crippen LogP contribution in [0.3, 0.4) is 0 Å². The van der Waals surface area contributed by atoms with E-state index in [-0.39, 0.29) is 23.6 Å². The van der Waals surface area contributed by atoms with Gasteiger partial charge in [0.15, 0.2) is 4.80 Å². The quantitative estimate of drug-likeness (QED) is 0.487. The van der Waals surface area contributed by atoms with Gasteiger partial charge in [-0.05, 0) is 64.6 Å². The molecule has 0 unspecified atom stereocenters. The molecule has 132 valence electrons. The summed E-state index contributed by atoms with van der Waals surface area (Å²) in [4.78, 5) is 5.58. The third-order valence-electron chi connectivity index (χ3n) is 3.56. The number of methoxy groups -OCH3 is 1. The van der Waals surface area contributed by atoms with Crippen LogP contribution in [0.25, 0.3) is 11.3 Å². The van der Waals surface area contributed by atoms with Crippen molar-refractivity contribution in [2.75, 3.05) is 13.7 Å². The molecule has 25 heavy (non-hydrogen) atoms. The molecule has 0 amide bonds. The van der Waals surface area contributed by atoms with E-state index < -0.39 is 0 Å². The maximum Gasteiger partial charge on any atom is 0.190 e. The molecular formula is C18H18BrIN2O2S. The molecule has 0 fully saturated rings. The Balaban J connectivity index is 0.00000225. The summed E-state index contributed by atoms with van der Waals surface area (Å²) in [5, 5.41) is 11.5. The monoisotopic (exact) mass is 532 g/mol. The molecular weight excluding hydrogens is 515 g/mol.